The van der Waals surface area contributed by atoms with E-state index in [1.54, 1.807) is 9.80 Å². The highest BCUT2D eigenvalue weighted by Crippen LogP contribution is 2.35. The average molecular weight is 370 g/mol. The molecule has 1 aliphatic rings. The van der Waals surface area contributed by atoms with Gasteiger partial charge in [0.15, 0.2) is 0 Å². The Morgan fingerprint density at radius 2 is 1.43 bits per heavy atom. The number of amides is 2. The van der Waals surface area contributed by atoms with E-state index in [9.17, 15) is 9.59 Å². The Balaban J connectivity index is 1.84. The van der Waals surface area contributed by atoms with Crippen molar-refractivity contribution in [2.24, 2.45) is 0 Å². The predicted octanol–water partition coefficient (Wildman–Crippen LogP) is 4.42. The van der Waals surface area contributed by atoms with Crippen molar-refractivity contribution in [1.29, 1.82) is 0 Å². The first-order chi connectivity index (χ1) is 13.6. The van der Waals surface area contributed by atoms with Crippen molar-refractivity contribution >= 4 is 23.2 Å². The topological polar surface area (TPSA) is 40.6 Å². The van der Waals surface area contributed by atoms with E-state index < -0.39 is 6.04 Å². The lowest BCUT2D eigenvalue weighted by Crippen LogP contribution is -2.56. The minimum atomic E-state index is -0.690. The molecule has 0 aromatic heterocycles. The van der Waals surface area contributed by atoms with E-state index in [0.717, 1.165) is 28.1 Å². The van der Waals surface area contributed by atoms with Crippen molar-refractivity contribution in [3.05, 3.63) is 95.6 Å². The lowest BCUT2D eigenvalue weighted by atomic mass is 9.98. The lowest BCUT2D eigenvalue weighted by Gasteiger charge is -2.41. The molecule has 2 amide bonds. The number of benzene rings is 3. The van der Waals surface area contributed by atoms with Crippen molar-refractivity contribution in [3.8, 4) is 0 Å². The number of hydrogen-bond donors (Lipinski definition) is 0. The van der Waals surface area contributed by atoms with Crippen LogP contribution < -0.4 is 9.80 Å². The quantitative estimate of drug-likeness (QED) is 0.685. The van der Waals surface area contributed by atoms with Crippen LogP contribution in [-0.4, -0.2) is 18.4 Å². The standard InChI is InChI=1S/C24H22N2O2/c1-17-10-9-15-21(18(17)2)25-16-22(27)26(20-13-7-4-8-14-20)23(24(25)28)19-11-5-3-6-12-19/h3-15,23H,16H2,1-2H3/t23-/m1/s1. The molecular weight excluding hydrogens is 348 g/mol. The van der Waals surface area contributed by atoms with Gasteiger partial charge in [0.2, 0.25) is 5.91 Å². The van der Waals surface area contributed by atoms with Crippen LogP contribution in [0.3, 0.4) is 0 Å². The Hall–Kier alpha value is -3.40. The number of hydrogen-bond acceptors (Lipinski definition) is 2. The van der Waals surface area contributed by atoms with Gasteiger partial charge in [-0.05, 0) is 48.7 Å². The van der Waals surface area contributed by atoms with Crippen LogP contribution >= 0.6 is 0 Å². The molecule has 0 bridgehead atoms. The van der Waals surface area contributed by atoms with E-state index in [1.807, 2.05) is 92.7 Å². The predicted molar refractivity (Wildman–Crippen MR) is 111 cm³/mol. The van der Waals surface area contributed by atoms with Crippen LogP contribution in [0.5, 0.6) is 0 Å². The van der Waals surface area contributed by atoms with Gasteiger partial charge in [-0.15, -0.1) is 0 Å². The summed E-state index contributed by atoms with van der Waals surface area (Å²) in [4.78, 5) is 30.1. The third-order valence-corrected chi connectivity index (χ3v) is 5.34. The summed E-state index contributed by atoms with van der Waals surface area (Å²) in [5.74, 6) is -0.191. The molecule has 0 aliphatic carbocycles. The fourth-order valence-electron chi connectivity index (χ4n) is 3.73. The molecule has 1 saturated heterocycles. The summed E-state index contributed by atoms with van der Waals surface area (Å²) in [6.45, 7) is 4.03. The molecule has 28 heavy (non-hydrogen) atoms. The molecule has 1 fully saturated rings. The number of nitrogens with zero attached hydrogens (tertiary/aromatic N) is 2. The van der Waals surface area contributed by atoms with Gasteiger partial charge in [-0.2, -0.15) is 0 Å². The molecule has 0 unspecified atom stereocenters. The van der Waals surface area contributed by atoms with E-state index in [0.29, 0.717) is 0 Å². The smallest absolute Gasteiger partial charge is 0.255 e. The maximum absolute atomic E-state index is 13.7. The minimum absolute atomic E-state index is 0.0291. The van der Waals surface area contributed by atoms with Crippen LogP contribution in [0.25, 0.3) is 0 Å². The van der Waals surface area contributed by atoms with Gasteiger partial charge in [-0.1, -0.05) is 60.7 Å². The number of carbonyl (C=O) groups is 2. The zero-order valence-electron chi connectivity index (χ0n) is 16.0. The normalized spacial score (nSPS) is 17.1. The van der Waals surface area contributed by atoms with E-state index in [-0.39, 0.29) is 18.4 Å². The zero-order valence-corrected chi connectivity index (χ0v) is 16.0. The Bertz CT molecular complexity index is 1020. The highest BCUT2D eigenvalue weighted by Gasteiger charge is 2.42. The first-order valence-corrected chi connectivity index (χ1v) is 9.37. The maximum atomic E-state index is 13.7. The van der Waals surface area contributed by atoms with Crippen molar-refractivity contribution in [2.45, 2.75) is 19.9 Å². The highest BCUT2D eigenvalue weighted by atomic mass is 16.2. The Labute approximate surface area is 165 Å². The fourth-order valence-corrected chi connectivity index (χ4v) is 3.73. The molecule has 140 valence electrons. The molecule has 4 nitrogen and oxygen atoms in total. The SMILES string of the molecule is Cc1cccc(N2CC(=O)N(c3ccccc3)[C@H](c3ccccc3)C2=O)c1C. The molecule has 1 aliphatic heterocycles. The Kier molecular flexibility index (Phi) is 4.70. The third-order valence-electron chi connectivity index (χ3n) is 5.34. The third kappa shape index (κ3) is 3.07. The second-order valence-corrected chi connectivity index (χ2v) is 7.06. The highest BCUT2D eigenvalue weighted by molar-refractivity contribution is 6.14. The molecule has 3 aromatic carbocycles. The van der Waals surface area contributed by atoms with Gasteiger partial charge in [-0.3, -0.25) is 14.5 Å². The summed E-state index contributed by atoms with van der Waals surface area (Å²) < 4.78 is 0. The molecule has 0 saturated carbocycles. The summed E-state index contributed by atoms with van der Waals surface area (Å²) in [5.41, 5.74) is 4.45. The first-order valence-electron chi connectivity index (χ1n) is 9.37. The number of carbonyl (C=O) groups excluding carboxylic acids is 2. The number of rotatable bonds is 3. The monoisotopic (exact) mass is 370 g/mol. The van der Waals surface area contributed by atoms with Gasteiger partial charge >= 0.3 is 0 Å². The molecule has 0 N–H and O–H groups in total. The van der Waals surface area contributed by atoms with E-state index >= 15 is 0 Å². The maximum Gasteiger partial charge on any atom is 0.255 e. The number of piperazine rings is 1. The van der Waals surface area contributed by atoms with E-state index in [1.165, 1.54) is 0 Å². The molecule has 4 heteroatoms. The fraction of sp³-hybridized carbons (Fsp3) is 0.167. The van der Waals surface area contributed by atoms with Crippen molar-refractivity contribution < 1.29 is 9.59 Å². The molecule has 1 atom stereocenters. The molecular formula is C24H22N2O2. The van der Waals surface area contributed by atoms with Gasteiger partial charge < -0.3 is 4.90 Å². The van der Waals surface area contributed by atoms with Gasteiger partial charge in [0.05, 0.1) is 0 Å². The minimum Gasteiger partial charge on any atom is -0.301 e. The number of para-hydroxylation sites is 1. The Morgan fingerprint density at radius 1 is 0.786 bits per heavy atom. The number of anilines is 2. The van der Waals surface area contributed by atoms with Gasteiger partial charge in [0.1, 0.15) is 12.6 Å². The van der Waals surface area contributed by atoms with Gasteiger partial charge in [0, 0.05) is 11.4 Å². The second-order valence-electron chi connectivity index (χ2n) is 7.06. The molecule has 3 aromatic rings. The van der Waals surface area contributed by atoms with E-state index in [2.05, 4.69) is 0 Å². The summed E-state index contributed by atoms with van der Waals surface area (Å²) in [6.07, 6.45) is 0. The van der Waals surface area contributed by atoms with Crippen molar-refractivity contribution in [3.63, 3.8) is 0 Å². The van der Waals surface area contributed by atoms with E-state index in [4.69, 9.17) is 0 Å². The summed E-state index contributed by atoms with van der Waals surface area (Å²) in [5, 5.41) is 0. The van der Waals surface area contributed by atoms with Crippen LogP contribution in [-0.2, 0) is 9.59 Å². The largest absolute Gasteiger partial charge is 0.301 e. The van der Waals surface area contributed by atoms with Crippen LogP contribution in [0.15, 0.2) is 78.9 Å². The lowest BCUT2D eigenvalue weighted by molar-refractivity contribution is -0.128. The molecule has 1 heterocycles. The molecule has 0 spiro atoms. The van der Waals surface area contributed by atoms with Crippen molar-refractivity contribution in [2.75, 3.05) is 16.3 Å². The van der Waals surface area contributed by atoms with Crippen molar-refractivity contribution in [1.82, 2.24) is 0 Å². The summed E-state index contributed by atoms with van der Waals surface area (Å²) in [7, 11) is 0. The van der Waals surface area contributed by atoms with Gasteiger partial charge in [0.25, 0.3) is 5.91 Å². The van der Waals surface area contributed by atoms with Gasteiger partial charge in [-0.25, -0.2) is 0 Å². The molecule has 0 radical (unpaired) electrons. The van der Waals surface area contributed by atoms with Crippen LogP contribution in [0.4, 0.5) is 11.4 Å². The van der Waals surface area contributed by atoms with Crippen LogP contribution in [0, 0.1) is 13.8 Å². The molecule has 4 rings (SSSR count). The summed E-state index contributed by atoms with van der Waals surface area (Å²) in [6, 6.07) is 24.1. The van der Waals surface area contributed by atoms with Crippen LogP contribution in [0.1, 0.15) is 22.7 Å². The second kappa shape index (κ2) is 7.31. The zero-order chi connectivity index (χ0) is 19.7. The average Bonchev–Trinajstić information content (AvgIpc) is 2.72. The number of aryl methyl sites for hydroxylation is 1. The Morgan fingerprint density at radius 3 is 2.11 bits per heavy atom. The van der Waals surface area contributed by atoms with Crippen LogP contribution in [0.2, 0.25) is 0 Å². The summed E-state index contributed by atoms with van der Waals surface area (Å²) >= 11 is 0. The first kappa shape index (κ1) is 18.0.